The molecule has 0 aliphatic carbocycles. The molecule has 3 unspecified atom stereocenters. The Morgan fingerprint density at radius 1 is 0.906 bits per heavy atom. The van der Waals surface area contributed by atoms with Crippen LogP contribution in [-0.2, 0) is 4.79 Å². The first kappa shape index (κ1) is 19.1. The topological polar surface area (TPSA) is 49.9 Å². The number of para-hydroxylation sites is 1. The Kier molecular flexibility index (Phi) is 4.00. The Morgan fingerprint density at radius 3 is 2.34 bits per heavy atom. The van der Waals surface area contributed by atoms with Crippen LogP contribution in [0.2, 0.25) is 0 Å². The molecule has 4 atom stereocenters. The molecule has 3 aliphatic heterocycles. The van der Waals surface area contributed by atoms with Gasteiger partial charge >= 0.3 is 6.03 Å². The monoisotopic (exact) mass is 424 g/mol. The van der Waals surface area contributed by atoms with Crippen LogP contribution in [0.15, 0.2) is 78.9 Å². The number of fused-ring (bicyclic) bond motifs is 5. The third-order valence-corrected chi connectivity index (χ3v) is 7.37. The molecule has 0 spiro atoms. The summed E-state index contributed by atoms with van der Waals surface area (Å²) in [5.74, 6) is 0.435. The zero-order valence-corrected chi connectivity index (χ0v) is 18.1. The van der Waals surface area contributed by atoms with Gasteiger partial charge in [-0.25, -0.2) is 9.69 Å². The minimum absolute atomic E-state index is 0.00892. The number of benzene rings is 3. The van der Waals surface area contributed by atoms with Crippen LogP contribution in [0.1, 0.15) is 35.6 Å². The van der Waals surface area contributed by atoms with Gasteiger partial charge in [0.05, 0.1) is 18.3 Å². The highest BCUT2D eigenvalue weighted by Crippen LogP contribution is 2.61. The van der Waals surface area contributed by atoms with Gasteiger partial charge in [-0.05, 0) is 37.6 Å². The molecule has 5 nitrogen and oxygen atoms in total. The lowest BCUT2D eigenvalue weighted by Gasteiger charge is -2.34. The molecule has 0 bridgehead atoms. The van der Waals surface area contributed by atoms with Gasteiger partial charge in [0.1, 0.15) is 11.3 Å². The third-order valence-electron chi connectivity index (χ3n) is 7.37. The van der Waals surface area contributed by atoms with E-state index in [4.69, 9.17) is 4.74 Å². The van der Waals surface area contributed by atoms with Gasteiger partial charge in [0.2, 0.25) is 0 Å². The van der Waals surface area contributed by atoms with E-state index in [0.717, 1.165) is 22.4 Å². The first-order chi connectivity index (χ1) is 15.5. The summed E-state index contributed by atoms with van der Waals surface area (Å²) in [6, 6.07) is 25.0. The molecule has 6 rings (SSSR count). The van der Waals surface area contributed by atoms with Gasteiger partial charge in [0.15, 0.2) is 0 Å². The Hall–Kier alpha value is -3.60. The molecule has 3 aliphatic rings. The summed E-state index contributed by atoms with van der Waals surface area (Å²) < 4.78 is 6.13. The second-order valence-corrected chi connectivity index (χ2v) is 9.12. The van der Waals surface area contributed by atoms with Crippen molar-refractivity contribution in [1.82, 2.24) is 4.90 Å². The predicted octanol–water partition coefficient (Wildman–Crippen LogP) is 5.07. The van der Waals surface area contributed by atoms with Crippen LogP contribution < -0.4 is 9.64 Å². The molecular formula is C27H24N2O3. The van der Waals surface area contributed by atoms with Gasteiger partial charge in [0, 0.05) is 17.4 Å². The van der Waals surface area contributed by atoms with E-state index >= 15 is 0 Å². The fourth-order valence-electron chi connectivity index (χ4n) is 5.96. The number of aryl methyl sites for hydroxylation is 1. The van der Waals surface area contributed by atoms with Crippen LogP contribution in [0, 0.1) is 12.8 Å². The van der Waals surface area contributed by atoms with E-state index < -0.39 is 5.54 Å². The minimum Gasteiger partial charge on any atom is -0.493 e. The molecule has 2 fully saturated rings. The first-order valence-electron chi connectivity index (χ1n) is 11.0. The molecule has 32 heavy (non-hydrogen) atoms. The Morgan fingerprint density at radius 2 is 1.59 bits per heavy atom. The van der Waals surface area contributed by atoms with Crippen LogP contribution in [0.3, 0.4) is 0 Å². The maximum Gasteiger partial charge on any atom is 0.332 e. The van der Waals surface area contributed by atoms with Crippen LogP contribution in [0.5, 0.6) is 5.75 Å². The standard InChI is InChI=1S/C27H24N2O3/c1-17-12-14-19(15-13-17)28-25(30)27(2)23(18-8-4-3-5-9-18)21-16-32-22-11-7-6-10-20(22)24(21)29(27)26(28)31/h3-15,21,23-24H,16H2,1-2H3/t21?,23?,24?,27-/m0/s1. The van der Waals surface area contributed by atoms with Gasteiger partial charge in [-0.2, -0.15) is 0 Å². The van der Waals surface area contributed by atoms with Crippen molar-refractivity contribution in [2.75, 3.05) is 11.5 Å². The Balaban J connectivity index is 1.56. The fourth-order valence-corrected chi connectivity index (χ4v) is 5.96. The second kappa shape index (κ2) is 6.70. The number of ether oxygens (including phenoxy) is 1. The van der Waals surface area contributed by atoms with Crippen LogP contribution in [-0.4, -0.2) is 29.0 Å². The van der Waals surface area contributed by atoms with Gasteiger partial charge in [-0.15, -0.1) is 0 Å². The predicted molar refractivity (Wildman–Crippen MR) is 122 cm³/mol. The zero-order chi connectivity index (χ0) is 22.0. The van der Waals surface area contributed by atoms with E-state index in [9.17, 15) is 9.59 Å². The molecule has 0 aromatic heterocycles. The number of imide groups is 1. The van der Waals surface area contributed by atoms with E-state index in [1.54, 1.807) is 0 Å². The van der Waals surface area contributed by atoms with Gasteiger partial charge in [0.25, 0.3) is 5.91 Å². The third kappa shape index (κ3) is 2.39. The molecule has 3 aromatic rings. The highest BCUT2D eigenvalue weighted by Gasteiger charge is 2.70. The number of hydrogen-bond donors (Lipinski definition) is 0. The molecule has 5 heteroatoms. The molecule has 2 saturated heterocycles. The quantitative estimate of drug-likeness (QED) is 0.540. The smallest absolute Gasteiger partial charge is 0.332 e. The number of carbonyl (C=O) groups excluding carboxylic acids is 2. The lowest BCUT2D eigenvalue weighted by Crippen LogP contribution is -2.46. The van der Waals surface area contributed by atoms with E-state index in [1.165, 1.54) is 4.90 Å². The SMILES string of the molecule is Cc1ccc(N2C(=O)N3C4c5ccccc5OCC4C(c4ccccc4)[C@@]3(C)C2=O)cc1. The number of amides is 3. The van der Waals surface area contributed by atoms with Crippen molar-refractivity contribution in [2.24, 2.45) is 5.92 Å². The van der Waals surface area contributed by atoms with Crippen molar-refractivity contribution in [3.63, 3.8) is 0 Å². The highest BCUT2D eigenvalue weighted by molar-refractivity contribution is 6.24. The molecule has 0 saturated carbocycles. The first-order valence-corrected chi connectivity index (χ1v) is 11.0. The lowest BCUT2D eigenvalue weighted by atomic mass is 9.73. The molecule has 3 amide bonds. The van der Waals surface area contributed by atoms with E-state index in [1.807, 2.05) is 85.5 Å². The molecule has 0 N–H and O–H groups in total. The van der Waals surface area contributed by atoms with Gasteiger partial charge < -0.3 is 9.64 Å². The molecule has 0 radical (unpaired) electrons. The number of hydrogen-bond acceptors (Lipinski definition) is 3. The summed E-state index contributed by atoms with van der Waals surface area (Å²) in [6.45, 7) is 4.39. The maximum atomic E-state index is 14.1. The number of urea groups is 1. The van der Waals surface area contributed by atoms with Crippen LogP contribution >= 0.6 is 0 Å². The highest BCUT2D eigenvalue weighted by atomic mass is 16.5. The van der Waals surface area contributed by atoms with Crippen LogP contribution in [0.4, 0.5) is 10.5 Å². The summed E-state index contributed by atoms with van der Waals surface area (Å²) in [5.41, 5.74) is 2.73. The van der Waals surface area contributed by atoms with Crippen molar-refractivity contribution in [3.05, 3.63) is 95.6 Å². The molecule has 3 aromatic carbocycles. The summed E-state index contributed by atoms with van der Waals surface area (Å²) in [4.78, 5) is 31.2. The number of rotatable bonds is 2. The van der Waals surface area contributed by atoms with Crippen molar-refractivity contribution < 1.29 is 14.3 Å². The summed E-state index contributed by atoms with van der Waals surface area (Å²) in [5, 5.41) is 0. The summed E-state index contributed by atoms with van der Waals surface area (Å²) in [7, 11) is 0. The average Bonchev–Trinajstić information content (AvgIpc) is 3.20. The summed E-state index contributed by atoms with van der Waals surface area (Å²) in [6.07, 6.45) is 0. The van der Waals surface area contributed by atoms with E-state index in [-0.39, 0.29) is 29.8 Å². The second-order valence-electron chi connectivity index (χ2n) is 9.12. The molecule has 3 heterocycles. The number of anilines is 1. The molecule has 160 valence electrons. The van der Waals surface area contributed by atoms with Crippen molar-refractivity contribution >= 4 is 17.6 Å². The normalized spacial score (nSPS) is 28.2. The maximum absolute atomic E-state index is 14.1. The number of nitrogens with zero attached hydrogens (tertiary/aromatic N) is 2. The van der Waals surface area contributed by atoms with E-state index in [0.29, 0.717) is 12.3 Å². The fraction of sp³-hybridized carbons (Fsp3) is 0.259. The van der Waals surface area contributed by atoms with Crippen molar-refractivity contribution in [2.45, 2.75) is 31.3 Å². The van der Waals surface area contributed by atoms with Crippen LogP contribution in [0.25, 0.3) is 0 Å². The Labute approximate surface area is 187 Å². The Bertz CT molecular complexity index is 1220. The summed E-state index contributed by atoms with van der Waals surface area (Å²) >= 11 is 0. The number of carbonyl (C=O) groups is 2. The van der Waals surface area contributed by atoms with Gasteiger partial charge in [-0.1, -0.05) is 66.2 Å². The minimum atomic E-state index is -1.00. The van der Waals surface area contributed by atoms with Gasteiger partial charge in [-0.3, -0.25) is 4.79 Å². The van der Waals surface area contributed by atoms with E-state index in [2.05, 4.69) is 12.1 Å². The lowest BCUT2D eigenvalue weighted by molar-refractivity contribution is -0.124. The largest absolute Gasteiger partial charge is 0.493 e. The average molecular weight is 425 g/mol. The van der Waals surface area contributed by atoms with Crippen molar-refractivity contribution in [1.29, 1.82) is 0 Å². The molecular weight excluding hydrogens is 400 g/mol. The zero-order valence-electron chi connectivity index (χ0n) is 18.1. The van der Waals surface area contributed by atoms with Crippen molar-refractivity contribution in [3.8, 4) is 5.75 Å².